The van der Waals surface area contributed by atoms with Gasteiger partial charge in [0.05, 0.1) is 39.6 Å². The highest BCUT2D eigenvalue weighted by atomic mass is 16.5. The Morgan fingerprint density at radius 1 is 0.773 bits per heavy atom. The molecule has 0 bridgehead atoms. The highest BCUT2D eigenvalue weighted by molar-refractivity contribution is 5.70. The van der Waals surface area contributed by atoms with Crippen molar-refractivity contribution in [3.05, 3.63) is 94.5 Å². The molecule has 0 saturated heterocycles. The molecule has 0 radical (unpaired) electrons. The molecule has 0 fully saturated rings. The van der Waals surface area contributed by atoms with Crippen molar-refractivity contribution in [3.63, 3.8) is 0 Å². The number of aliphatic hydroxyl groups is 2. The Hall–Kier alpha value is -4.44. The van der Waals surface area contributed by atoms with Gasteiger partial charge in [-0.05, 0) is 72.3 Å². The third kappa shape index (κ3) is 5.50. The van der Waals surface area contributed by atoms with Crippen molar-refractivity contribution in [2.45, 2.75) is 25.2 Å². The second-order valence-corrected chi connectivity index (χ2v) is 11.3. The molecule has 4 aromatic rings. The van der Waals surface area contributed by atoms with Gasteiger partial charge in [-0.15, -0.1) is 0 Å². The van der Waals surface area contributed by atoms with Crippen LogP contribution in [0.1, 0.15) is 40.0 Å². The van der Waals surface area contributed by atoms with Crippen LogP contribution >= 0.6 is 0 Å². The van der Waals surface area contributed by atoms with Crippen molar-refractivity contribution in [2.75, 3.05) is 34.5 Å². The average Bonchev–Trinajstić information content (AvgIpc) is 3.02. The molecule has 0 aromatic heterocycles. The summed E-state index contributed by atoms with van der Waals surface area (Å²) in [5, 5.41) is 46.9. The number of rotatable bonds is 8. The Balaban J connectivity index is 1.33. The Bertz CT molecular complexity index is 1670. The lowest BCUT2D eigenvalue weighted by Crippen LogP contribution is -2.40. The summed E-state index contributed by atoms with van der Waals surface area (Å²) in [6.45, 7) is 0.975. The Morgan fingerprint density at radius 2 is 1.52 bits per heavy atom. The van der Waals surface area contributed by atoms with E-state index in [1.54, 1.807) is 50.6 Å². The molecule has 6 rings (SSSR count). The van der Waals surface area contributed by atoms with Crippen molar-refractivity contribution in [1.82, 2.24) is 5.32 Å². The molecule has 4 atom stereocenters. The molecule has 44 heavy (non-hydrogen) atoms. The molecular formula is C35H37NO8. The van der Waals surface area contributed by atoms with Crippen LogP contribution in [0, 0.1) is 11.8 Å². The Labute approximate surface area is 256 Å². The molecule has 0 saturated carbocycles. The van der Waals surface area contributed by atoms with E-state index in [-0.39, 0.29) is 24.7 Å². The highest BCUT2D eigenvalue weighted by Gasteiger charge is 2.43. The van der Waals surface area contributed by atoms with Gasteiger partial charge in [0, 0.05) is 47.1 Å². The summed E-state index contributed by atoms with van der Waals surface area (Å²) in [5.74, 6) is 1.70. The minimum absolute atomic E-state index is 0.114. The number of benzene rings is 4. The maximum atomic E-state index is 11.8. The second-order valence-electron chi connectivity index (χ2n) is 11.3. The van der Waals surface area contributed by atoms with Gasteiger partial charge in [-0.3, -0.25) is 0 Å². The molecule has 5 N–H and O–H groups in total. The maximum Gasteiger partial charge on any atom is 0.128 e. The van der Waals surface area contributed by atoms with Crippen LogP contribution in [0.15, 0.2) is 66.7 Å². The zero-order chi connectivity index (χ0) is 31.0. The first-order valence-electron chi connectivity index (χ1n) is 14.6. The first kappa shape index (κ1) is 29.6. The zero-order valence-electron chi connectivity index (χ0n) is 24.9. The van der Waals surface area contributed by atoms with Gasteiger partial charge < -0.3 is 44.7 Å². The standard InChI is InChI=1S/C35H37NO8/c1-36-16-22-13-32-27(15-31(22)42-3)33(39)29(17-43-32)30-18-44-35-21(12-25(41-2)14-28(35)34(30)40)9-20-11-24(38)7-8-26(20)19-5-4-6-23(37)10-19/h4-8,10-15,29-30,33-34,36-40H,9,16-18H2,1-3H3/t29-,30-,33-,34+/m0/s1. The number of aliphatic hydroxyl groups excluding tert-OH is 2. The van der Waals surface area contributed by atoms with Crippen LogP contribution in [-0.4, -0.2) is 54.9 Å². The lowest BCUT2D eigenvalue weighted by Gasteiger charge is -2.40. The first-order chi connectivity index (χ1) is 21.3. The molecule has 0 unspecified atom stereocenters. The molecule has 2 aliphatic heterocycles. The molecule has 230 valence electrons. The smallest absolute Gasteiger partial charge is 0.128 e. The predicted molar refractivity (Wildman–Crippen MR) is 165 cm³/mol. The van der Waals surface area contributed by atoms with E-state index >= 15 is 0 Å². The molecule has 2 aliphatic rings. The van der Waals surface area contributed by atoms with Crippen LogP contribution in [0.2, 0.25) is 0 Å². The third-order valence-corrected chi connectivity index (χ3v) is 8.66. The number of ether oxygens (including phenoxy) is 4. The minimum atomic E-state index is -0.961. The largest absolute Gasteiger partial charge is 0.508 e. The molecular weight excluding hydrogens is 562 g/mol. The van der Waals surface area contributed by atoms with Gasteiger partial charge in [-0.2, -0.15) is 0 Å². The highest BCUT2D eigenvalue weighted by Crippen LogP contribution is 2.49. The van der Waals surface area contributed by atoms with Gasteiger partial charge in [0.15, 0.2) is 0 Å². The molecule has 9 heteroatoms. The lowest BCUT2D eigenvalue weighted by molar-refractivity contribution is -0.0554. The van der Waals surface area contributed by atoms with Gasteiger partial charge in [0.25, 0.3) is 0 Å². The van der Waals surface area contributed by atoms with Gasteiger partial charge in [0.2, 0.25) is 0 Å². The van der Waals surface area contributed by atoms with Crippen LogP contribution in [-0.2, 0) is 13.0 Å². The van der Waals surface area contributed by atoms with E-state index in [0.29, 0.717) is 47.1 Å². The van der Waals surface area contributed by atoms with E-state index in [0.717, 1.165) is 27.8 Å². The average molecular weight is 600 g/mol. The predicted octanol–water partition coefficient (Wildman–Crippen LogP) is 4.88. The van der Waals surface area contributed by atoms with E-state index in [9.17, 15) is 20.4 Å². The van der Waals surface area contributed by atoms with Crippen LogP contribution in [0.25, 0.3) is 11.1 Å². The fraction of sp³-hybridized carbons (Fsp3) is 0.314. The summed E-state index contributed by atoms with van der Waals surface area (Å²) in [7, 11) is 5.01. The fourth-order valence-electron chi connectivity index (χ4n) is 6.43. The number of methoxy groups -OCH3 is 2. The number of hydrogen-bond donors (Lipinski definition) is 5. The summed E-state index contributed by atoms with van der Waals surface area (Å²) >= 11 is 0. The number of hydrogen-bond acceptors (Lipinski definition) is 9. The summed E-state index contributed by atoms with van der Waals surface area (Å²) in [6.07, 6.45) is -1.49. The van der Waals surface area contributed by atoms with Crippen LogP contribution < -0.4 is 24.3 Å². The summed E-state index contributed by atoms with van der Waals surface area (Å²) in [4.78, 5) is 0. The maximum absolute atomic E-state index is 11.8. The number of phenolic OH excluding ortho intramolecular Hbond substituents is 2. The minimum Gasteiger partial charge on any atom is -0.508 e. The second kappa shape index (κ2) is 12.3. The summed E-state index contributed by atoms with van der Waals surface area (Å²) in [5.41, 5.74) is 5.34. The van der Waals surface area contributed by atoms with Crippen molar-refractivity contribution in [2.24, 2.45) is 11.8 Å². The van der Waals surface area contributed by atoms with E-state index < -0.39 is 24.0 Å². The number of aromatic hydroxyl groups is 2. The van der Waals surface area contributed by atoms with Gasteiger partial charge in [0.1, 0.15) is 34.5 Å². The first-order valence-corrected chi connectivity index (χ1v) is 14.6. The van der Waals surface area contributed by atoms with Crippen LogP contribution in [0.3, 0.4) is 0 Å². The molecule has 0 spiro atoms. The van der Waals surface area contributed by atoms with Crippen LogP contribution in [0.5, 0.6) is 34.5 Å². The zero-order valence-corrected chi connectivity index (χ0v) is 24.9. The molecule has 0 amide bonds. The van der Waals surface area contributed by atoms with Crippen molar-refractivity contribution >= 4 is 0 Å². The Morgan fingerprint density at radius 3 is 2.25 bits per heavy atom. The molecule has 0 aliphatic carbocycles. The van der Waals surface area contributed by atoms with E-state index in [2.05, 4.69) is 5.32 Å². The molecule has 4 aromatic carbocycles. The quantitative estimate of drug-likeness (QED) is 0.193. The van der Waals surface area contributed by atoms with Gasteiger partial charge in [-0.1, -0.05) is 18.2 Å². The third-order valence-electron chi connectivity index (χ3n) is 8.66. The lowest BCUT2D eigenvalue weighted by atomic mass is 9.77. The SMILES string of the molecule is CNCc1cc2c(cc1OC)[C@H](O)[C@H]([C@@H]1COc3c(Cc4cc(O)ccc4-c4cccc(O)c4)cc(OC)cc3[C@H]1O)CO2. The van der Waals surface area contributed by atoms with Crippen molar-refractivity contribution in [1.29, 1.82) is 0 Å². The number of nitrogens with one attached hydrogen (secondary N) is 1. The van der Waals surface area contributed by atoms with Crippen molar-refractivity contribution in [3.8, 4) is 45.6 Å². The van der Waals surface area contributed by atoms with Gasteiger partial charge in [-0.25, -0.2) is 0 Å². The van der Waals surface area contributed by atoms with Crippen molar-refractivity contribution < 1.29 is 39.4 Å². The number of fused-ring (bicyclic) bond motifs is 2. The topological polar surface area (TPSA) is 130 Å². The van der Waals surface area contributed by atoms with Crippen LogP contribution in [0.4, 0.5) is 0 Å². The van der Waals surface area contributed by atoms with Gasteiger partial charge >= 0.3 is 0 Å². The summed E-state index contributed by atoms with van der Waals surface area (Å²) < 4.78 is 23.7. The number of phenols is 2. The normalized spacial score (nSPS) is 20.6. The van der Waals surface area contributed by atoms with E-state index in [4.69, 9.17) is 18.9 Å². The molecule has 9 nitrogen and oxygen atoms in total. The van der Waals surface area contributed by atoms with E-state index in [1.807, 2.05) is 37.4 Å². The van der Waals surface area contributed by atoms with E-state index in [1.165, 1.54) is 0 Å². The molecule has 2 heterocycles. The Kier molecular flexibility index (Phi) is 8.27. The monoisotopic (exact) mass is 599 g/mol. The summed E-state index contributed by atoms with van der Waals surface area (Å²) in [6, 6.07) is 19.4. The fourth-order valence-corrected chi connectivity index (χ4v) is 6.43.